The molecule has 0 bridgehead atoms. The third kappa shape index (κ3) is 4.01. The molecule has 0 aliphatic rings. The lowest BCUT2D eigenvalue weighted by atomic mass is 10.3. The molecule has 0 spiro atoms. The number of halogens is 1. The maximum Gasteiger partial charge on any atom is 0.253 e. The topological polar surface area (TPSA) is 92.4 Å². The number of amides is 2. The Morgan fingerprint density at radius 2 is 2.09 bits per heavy atom. The van der Waals surface area contributed by atoms with E-state index in [1.807, 2.05) is 18.2 Å². The molecule has 116 valence electrons. The predicted octanol–water partition coefficient (Wildman–Crippen LogP) is 2.97. The number of rotatable bonds is 5. The summed E-state index contributed by atoms with van der Waals surface area (Å²) in [5.74, 6) is -1.25. The first-order chi connectivity index (χ1) is 10.4. The monoisotopic (exact) mass is 356 g/mol. The lowest BCUT2D eigenvalue weighted by Crippen LogP contribution is -2.25. The number of thiophene rings is 1. The fraction of sp³-hybridized carbons (Fsp3) is 0.143. The smallest absolute Gasteiger partial charge is 0.253 e. The SMILES string of the molecule is CC(O)C(=O)Nc1sc(Sc2ccccc2Cl)cc1C(N)=O. The van der Waals surface area contributed by atoms with Crippen molar-refractivity contribution >= 4 is 51.5 Å². The number of aliphatic hydroxyl groups is 1. The van der Waals surface area contributed by atoms with Crippen LogP contribution in [0.1, 0.15) is 17.3 Å². The second-order valence-corrected chi connectivity index (χ2v) is 7.17. The zero-order chi connectivity index (χ0) is 16.3. The van der Waals surface area contributed by atoms with Crippen molar-refractivity contribution < 1.29 is 14.7 Å². The van der Waals surface area contributed by atoms with Crippen LogP contribution >= 0.6 is 34.7 Å². The molecule has 0 radical (unpaired) electrons. The summed E-state index contributed by atoms with van der Waals surface area (Å²) >= 11 is 8.66. The first-order valence-electron chi connectivity index (χ1n) is 6.23. The molecular formula is C14H13ClN2O3S2. The Bertz CT molecular complexity index is 716. The number of hydrogen-bond acceptors (Lipinski definition) is 5. The van der Waals surface area contributed by atoms with Crippen LogP contribution in [-0.2, 0) is 4.79 Å². The van der Waals surface area contributed by atoms with Gasteiger partial charge in [0.25, 0.3) is 11.8 Å². The number of carbonyl (C=O) groups excluding carboxylic acids is 2. The van der Waals surface area contributed by atoms with Gasteiger partial charge >= 0.3 is 0 Å². The highest BCUT2D eigenvalue weighted by Gasteiger charge is 2.18. The standard InChI is InChI=1S/C14H13ClN2O3S2/c1-7(18)13(20)17-14-8(12(16)19)6-11(22-14)21-10-5-3-2-4-9(10)15/h2-7,18H,1H3,(H2,16,19)(H,17,20). The summed E-state index contributed by atoms with van der Waals surface area (Å²) < 4.78 is 0.753. The van der Waals surface area contributed by atoms with Crippen molar-refractivity contribution in [2.45, 2.75) is 22.1 Å². The molecule has 2 aromatic rings. The van der Waals surface area contributed by atoms with E-state index in [1.165, 1.54) is 30.0 Å². The minimum atomic E-state index is -1.18. The molecule has 0 saturated heterocycles. The Hall–Kier alpha value is -1.54. The fourth-order valence-electron chi connectivity index (χ4n) is 1.55. The van der Waals surface area contributed by atoms with Gasteiger partial charge in [-0.2, -0.15) is 0 Å². The maximum atomic E-state index is 11.6. The van der Waals surface area contributed by atoms with E-state index in [4.69, 9.17) is 17.3 Å². The summed E-state index contributed by atoms with van der Waals surface area (Å²) in [4.78, 5) is 23.9. The van der Waals surface area contributed by atoms with E-state index in [0.29, 0.717) is 10.0 Å². The number of anilines is 1. The van der Waals surface area contributed by atoms with E-state index >= 15 is 0 Å². The van der Waals surface area contributed by atoms with Crippen molar-refractivity contribution in [2.75, 3.05) is 5.32 Å². The van der Waals surface area contributed by atoms with Gasteiger partial charge in [0.05, 0.1) is 14.8 Å². The van der Waals surface area contributed by atoms with Crippen LogP contribution in [0.4, 0.5) is 5.00 Å². The van der Waals surface area contributed by atoms with Gasteiger partial charge in [0.2, 0.25) is 0 Å². The van der Waals surface area contributed by atoms with Gasteiger partial charge in [0.1, 0.15) is 11.1 Å². The molecule has 1 unspecified atom stereocenters. The maximum absolute atomic E-state index is 11.6. The van der Waals surface area contributed by atoms with Crippen LogP contribution in [0.3, 0.4) is 0 Å². The predicted molar refractivity (Wildman–Crippen MR) is 88.7 cm³/mol. The van der Waals surface area contributed by atoms with Crippen LogP contribution in [-0.4, -0.2) is 23.0 Å². The summed E-state index contributed by atoms with van der Waals surface area (Å²) in [6.07, 6.45) is -1.18. The number of nitrogens with one attached hydrogen (secondary N) is 1. The van der Waals surface area contributed by atoms with E-state index in [0.717, 1.165) is 9.10 Å². The summed E-state index contributed by atoms with van der Waals surface area (Å²) in [6, 6.07) is 8.89. The average molecular weight is 357 g/mol. The number of nitrogens with two attached hydrogens (primary N) is 1. The molecule has 4 N–H and O–H groups in total. The van der Waals surface area contributed by atoms with Crippen LogP contribution < -0.4 is 11.1 Å². The van der Waals surface area contributed by atoms with Crippen molar-refractivity contribution in [1.82, 2.24) is 0 Å². The number of benzene rings is 1. The normalized spacial score (nSPS) is 12.0. The largest absolute Gasteiger partial charge is 0.384 e. The molecular weight excluding hydrogens is 344 g/mol. The van der Waals surface area contributed by atoms with Crippen molar-refractivity contribution in [3.05, 3.63) is 40.9 Å². The van der Waals surface area contributed by atoms with Crippen LogP contribution in [0.15, 0.2) is 39.4 Å². The molecule has 1 aromatic heterocycles. The highest BCUT2D eigenvalue weighted by Crippen LogP contribution is 2.40. The molecule has 0 saturated carbocycles. The molecule has 0 aliphatic heterocycles. The number of hydrogen-bond donors (Lipinski definition) is 3. The Morgan fingerprint density at radius 3 is 2.68 bits per heavy atom. The number of primary amides is 1. The Balaban J connectivity index is 2.29. The first kappa shape index (κ1) is 16.8. The van der Waals surface area contributed by atoms with Crippen LogP contribution in [0.25, 0.3) is 0 Å². The molecule has 1 heterocycles. The molecule has 22 heavy (non-hydrogen) atoms. The second-order valence-electron chi connectivity index (χ2n) is 4.37. The summed E-state index contributed by atoms with van der Waals surface area (Å²) in [7, 11) is 0. The quantitative estimate of drug-likeness (QED) is 0.767. The highest BCUT2D eigenvalue weighted by atomic mass is 35.5. The minimum Gasteiger partial charge on any atom is -0.384 e. The molecule has 2 rings (SSSR count). The zero-order valence-electron chi connectivity index (χ0n) is 11.5. The van der Waals surface area contributed by atoms with E-state index < -0.39 is 17.9 Å². The van der Waals surface area contributed by atoms with Crippen molar-refractivity contribution in [3.63, 3.8) is 0 Å². The highest BCUT2D eigenvalue weighted by molar-refractivity contribution is 8.01. The molecule has 1 aromatic carbocycles. The Morgan fingerprint density at radius 1 is 1.41 bits per heavy atom. The third-order valence-corrected chi connectivity index (χ3v) is 5.32. The Labute approximate surface area is 140 Å². The first-order valence-corrected chi connectivity index (χ1v) is 8.24. The van der Waals surface area contributed by atoms with Gasteiger partial charge in [0, 0.05) is 4.90 Å². The lowest BCUT2D eigenvalue weighted by Gasteiger charge is -2.05. The van der Waals surface area contributed by atoms with Gasteiger partial charge < -0.3 is 16.2 Å². The number of aliphatic hydroxyl groups excluding tert-OH is 1. The van der Waals surface area contributed by atoms with E-state index in [9.17, 15) is 14.7 Å². The summed E-state index contributed by atoms with van der Waals surface area (Å²) in [6.45, 7) is 1.34. The molecule has 1 atom stereocenters. The molecule has 0 aliphatic carbocycles. The van der Waals surface area contributed by atoms with Gasteiger partial charge in [0.15, 0.2) is 0 Å². The lowest BCUT2D eigenvalue weighted by molar-refractivity contribution is -0.123. The minimum absolute atomic E-state index is 0.202. The summed E-state index contributed by atoms with van der Waals surface area (Å²) in [5, 5.41) is 12.6. The molecule has 2 amide bonds. The second kappa shape index (κ2) is 7.15. The zero-order valence-corrected chi connectivity index (χ0v) is 13.9. The average Bonchev–Trinajstić information content (AvgIpc) is 2.84. The van der Waals surface area contributed by atoms with Crippen molar-refractivity contribution in [2.24, 2.45) is 5.73 Å². The van der Waals surface area contributed by atoms with Crippen molar-refractivity contribution in [3.8, 4) is 0 Å². The van der Waals surface area contributed by atoms with Gasteiger partial charge in [-0.05, 0) is 25.1 Å². The van der Waals surface area contributed by atoms with Crippen molar-refractivity contribution in [1.29, 1.82) is 0 Å². The Kier molecular flexibility index (Phi) is 5.47. The van der Waals surface area contributed by atoms with Crippen LogP contribution in [0.2, 0.25) is 5.02 Å². The van der Waals surface area contributed by atoms with Gasteiger partial charge in [-0.1, -0.05) is 35.5 Å². The van der Waals surface area contributed by atoms with Gasteiger partial charge in [-0.15, -0.1) is 11.3 Å². The molecule has 0 fully saturated rings. The van der Waals surface area contributed by atoms with Gasteiger partial charge in [-0.3, -0.25) is 9.59 Å². The number of carbonyl (C=O) groups is 2. The van der Waals surface area contributed by atoms with Gasteiger partial charge in [-0.25, -0.2) is 0 Å². The van der Waals surface area contributed by atoms with Crippen LogP contribution in [0, 0.1) is 0 Å². The molecule has 8 heteroatoms. The van der Waals surface area contributed by atoms with E-state index in [-0.39, 0.29) is 5.56 Å². The van der Waals surface area contributed by atoms with E-state index in [2.05, 4.69) is 5.32 Å². The van der Waals surface area contributed by atoms with Crippen LogP contribution in [0.5, 0.6) is 0 Å². The summed E-state index contributed by atoms with van der Waals surface area (Å²) in [5.41, 5.74) is 5.52. The molecule has 5 nitrogen and oxygen atoms in total. The third-order valence-electron chi connectivity index (χ3n) is 2.64. The van der Waals surface area contributed by atoms with E-state index in [1.54, 1.807) is 12.1 Å². The fourth-order valence-corrected chi connectivity index (χ4v) is 3.99.